The fourth-order valence-corrected chi connectivity index (χ4v) is 5.74. The van der Waals surface area contributed by atoms with Gasteiger partial charge >= 0.3 is 0 Å². The molecule has 0 fully saturated rings. The molecule has 0 radical (unpaired) electrons. The zero-order valence-electron chi connectivity index (χ0n) is 20.1. The Morgan fingerprint density at radius 1 is 0.714 bits per heavy atom. The van der Waals surface area contributed by atoms with Crippen LogP contribution in [0.2, 0.25) is 5.02 Å². The molecule has 4 aromatic carbocycles. The highest BCUT2D eigenvalue weighted by molar-refractivity contribution is 6.33. The number of benzene rings is 4. The molecule has 1 nitrogen and oxygen atoms in total. The van der Waals surface area contributed by atoms with Crippen molar-refractivity contribution in [2.75, 3.05) is 4.90 Å². The van der Waals surface area contributed by atoms with E-state index < -0.39 is 0 Å². The number of nitrogens with zero attached hydrogens (tertiary/aromatic N) is 1. The number of fused-ring (bicyclic) bond motifs is 3. The van der Waals surface area contributed by atoms with E-state index in [-0.39, 0.29) is 5.41 Å². The lowest BCUT2D eigenvalue weighted by atomic mass is 9.82. The smallest absolute Gasteiger partial charge is 0.0647 e. The van der Waals surface area contributed by atoms with Crippen molar-refractivity contribution in [3.8, 4) is 11.1 Å². The second kappa shape index (κ2) is 8.59. The van der Waals surface area contributed by atoms with E-state index in [1.54, 1.807) is 0 Å². The van der Waals surface area contributed by atoms with Crippen LogP contribution in [0.4, 0.5) is 17.1 Å². The first-order chi connectivity index (χ1) is 17.0. The third-order valence-corrected chi connectivity index (χ3v) is 7.69. The normalized spacial score (nSPS) is 15.3. The Bertz CT molecular complexity index is 1470. The van der Waals surface area contributed by atoms with Gasteiger partial charge in [0.25, 0.3) is 0 Å². The molecule has 0 unspecified atom stereocenters. The van der Waals surface area contributed by atoms with Crippen molar-refractivity contribution < 1.29 is 0 Å². The lowest BCUT2D eigenvalue weighted by Gasteiger charge is -2.29. The molecule has 0 aliphatic heterocycles. The van der Waals surface area contributed by atoms with E-state index in [0.717, 1.165) is 34.9 Å². The Hall–Kier alpha value is -3.55. The molecule has 0 saturated heterocycles. The van der Waals surface area contributed by atoms with Gasteiger partial charge in [-0.15, -0.1) is 0 Å². The summed E-state index contributed by atoms with van der Waals surface area (Å²) in [5, 5.41) is 0.734. The van der Waals surface area contributed by atoms with Crippen LogP contribution in [0.3, 0.4) is 0 Å². The second-order valence-electron chi connectivity index (χ2n) is 9.87. The number of hydrogen-bond donors (Lipinski definition) is 0. The van der Waals surface area contributed by atoms with Crippen LogP contribution in [-0.4, -0.2) is 0 Å². The molecule has 2 aliphatic carbocycles. The maximum atomic E-state index is 6.76. The van der Waals surface area contributed by atoms with E-state index in [1.807, 2.05) is 18.2 Å². The Balaban J connectivity index is 1.48. The molecule has 6 rings (SSSR count). The van der Waals surface area contributed by atoms with Crippen molar-refractivity contribution in [1.82, 2.24) is 0 Å². The number of anilines is 3. The monoisotopic (exact) mass is 473 g/mol. The lowest BCUT2D eigenvalue weighted by molar-refractivity contribution is 0.660. The highest BCUT2D eigenvalue weighted by atomic mass is 35.5. The summed E-state index contributed by atoms with van der Waals surface area (Å²) in [6, 6.07) is 32.5. The molecule has 172 valence electrons. The second-order valence-corrected chi connectivity index (χ2v) is 10.3. The fraction of sp³-hybridized carbons (Fsp3) is 0.152. The standard InChI is InChI=1S/C33H28ClN/c1-33(2)29-13-7-6-12-27(29)28-21-20-26(22-30(28)33)35(32-15-9-8-14-31(32)34)25-18-16-24(17-19-25)23-10-4-3-5-11-23/h4,6-22H,3,5H2,1-2H3. The third-order valence-electron chi connectivity index (χ3n) is 7.37. The van der Waals surface area contributed by atoms with Gasteiger partial charge in [-0.3, -0.25) is 0 Å². The highest BCUT2D eigenvalue weighted by Gasteiger charge is 2.35. The van der Waals surface area contributed by atoms with Gasteiger partial charge < -0.3 is 4.90 Å². The summed E-state index contributed by atoms with van der Waals surface area (Å²) in [5.41, 5.74) is 11.1. The van der Waals surface area contributed by atoms with Crippen molar-refractivity contribution in [3.63, 3.8) is 0 Å². The summed E-state index contributed by atoms with van der Waals surface area (Å²) in [7, 11) is 0. The molecule has 35 heavy (non-hydrogen) atoms. The molecular formula is C33H28ClN. The summed E-state index contributed by atoms with van der Waals surface area (Å²) in [6.07, 6.45) is 9.03. The quantitative estimate of drug-likeness (QED) is 0.285. The predicted molar refractivity (Wildman–Crippen MR) is 150 cm³/mol. The Labute approximate surface area is 213 Å². The zero-order valence-corrected chi connectivity index (χ0v) is 20.9. The molecule has 0 heterocycles. The summed E-state index contributed by atoms with van der Waals surface area (Å²) in [4.78, 5) is 2.27. The highest BCUT2D eigenvalue weighted by Crippen LogP contribution is 2.50. The lowest BCUT2D eigenvalue weighted by Crippen LogP contribution is -2.16. The van der Waals surface area contributed by atoms with Crippen LogP contribution in [-0.2, 0) is 5.41 Å². The van der Waals surface area contributed by atoms with Crippen molar-refractivity contribution >= 4 is 34.2 Å². The first kappa shape index (κ1) is 21.9. The molecule has 4 aromatic rings. The van der Waals surface area contributed by atoms with Crippen LogP contribution in [0, 0.1) is 0 Å². The van der Waals surface area contributed by atoms with Gasteiger partial charge in [0.15, 0.2) is 0 Å². The average Bonchev–Trinajstić information content (AvgIpc) is 3.13. The molecule has 0 N–H and O–H groups in total. The maximum absolute atomic E-state index is 6.76. The van der Waals surface area contributed by atoms with Crippen molar-refractivity contribution in [2.45, 2.75) is 32.1 Å². The first-order valence-corrected chi connectivity index (χ1v) is 12.7. The number of para-hydroxylation sites is 1. The SMILES string of the molecule is CC1(C)c2ccccc2-c2ccc(N(c3ccc(C4=CCCC=C4)cc3)c3ccccc3Cl)cc21. The van der Waals surface area contributed by atoms with Crippen LogP contribution in [0.5, 0.6) is 0 Å². The summed E-state index contributed by atoms with van der Waals surface area (Å²) >= 11 is 6.76. The van der Waals surface area contributed by atoms with Crippen LogP contribution < -0.4 is 4.90 Å². The van der Waals surface area contributed by atoms with Gasteiger partial charge in [-0.25, -0.2) is 0 Å². The van der Waals surface area contributed by atoms with Crippen molar-refractivity contribution in [2.24, 2.45) is 0 Å². The molecular weight excluding hydrogens is 446 g/mol. The average molecular weight is 474 g/mol. The van der Waals surface area contributed by atoms with E-state index in [1.165, 1.54) is 33.4 Å². The molecule has 0 saturated carbocycles. The van der Waals surface area contributed by atoms with Crippen molar-refractivity contribution in [1.29, 1.82) is 0 Å². The van der Waals surface area contributed by atoms with Gasteiger partial charge in [0.1, 0.15) is 0 Å². The van der Waals surface area contributed by atoms with Crippen LogP contribution in [0.15, 0.2) is 109 Å². The van der Waals surface area contributed by atoms with E-state index in [4.69, 9.17) is 11.6 Å². The molecule has 0 bridgehead atoms. The Kier molecular flexibility index (Phi) is 5.39. The van der Waals surface area contributed by atoms with Crippen LogP contribution >= 0.6 is 11.6 Å². The van der Waals surface area contributed by atoms with E-state index in [2.05, 4.69) is 110 Å². The van der Waals surface area contributed by atoms with Gasteiger partial charge in [-0.2, -0.15) is 0 Å². The number of allylic oxidation sites excluding steroid dienone is 4. The number of hydrogen-bond acceptors (Lipinski definition) is 1. The molecule has 2 heteroatoms. The number of rotatable bonds is 4. The van der Waals surface area contributed by atoms with Gasteiger partial charge in [-0.1, -0.05) is 98.3 Å². The Morgan fingerprint density at radius 2 is 1.43 bits per heavy atom. The summed E-state index contributed by atoms with van der Waals surface area (Å²) in [5.74, 6) is 0. The van der Waals surface area contributed by atoms with Gasteiger partial charge in [0.2, 0.25) is 0 Å². The minimum atomic E-state index is -0.0578. The van der Waals surface area contributed by atoms with E-state index in [0.29, 0.717) is 0 Å². The zero-order chi connectivity index (χ0) is 24.0. The largest absolute Gasteiger partial charge is 0.309 e. The minimum absolute atomic E-state index is 0.0578. The molecule has 2 aliphatic rings. The number of halogens is 1. The molecule has 0 aromatic heterocycles. The maximum Gasteiger partial charge on any atom is 0.0647 e. The Morgan fingerprint density at radius 3 is 2.20 bits per heavy atom. The first-order valence-electron chi connectivity index (χ1n) is 12.3. The molecule has 0 spiro atoms. The van der Waals surface area contributed by atoms with E-state index in [9.17, 15) is 0 Å². The fourth-order valence-electron chi connectivity index (χ4n) is 5.52. The van der Waals surface area contributed by atoms with Gasteiger partial charge in [0.05, 0.1) is 10.7 Å². The van der Waals surface area contributed by atoms with E-state index >= 15 is 0 Å². The van der Waals surface area contributed by atoms with Crippen molar-refractivity contribution in [3.05, 3.63) is 131 Å². The molecule has 0 amide bonds. The summed E-state index contributed by atoms with van der Waals surface area (Å²) < 4.78 is 0. The van der Waals surface area contributed by atoms with Gasteiger partial charge in [-0.05, 0) is 82.6 Å². The van der Waals surface area contributed by atoms with Crippen LogP contribution in [0.25, 0.3) is 16.7 Å². The van der Waals surface area contributed by atoms with Crippen LogP contribution in [0.1, 0.15) is 43.4 Å². The minimum Gasteiger partial charge on any atom is -0.309 e. The molecule has 0 atom stereocenters. The topological polar surface area (TPSA) is 3.24 Å². The predicted octanol–water partition coefficient (Wildman–Crippen LogP) is 9.85. The third kappa shape index (κ3) is 3.72. The van der Waals surface area contributed by atoms with Gasteiger partial charge in [0, 0.05) is 16.8 Å². The summed E-state index contributed by atoms with van der Waals surface area (Å²) in [6.45, 7) is 4.64.